The van der Waals surface area contributed by atoms with E-state index in [-0.39, 0.29) is 6.61 Å². The van der Waals surface area contributed by atoms with Crippen molar-refractivity contribution < 1.29 is 20.1 Å². The zero-order valence-corrected chi connectivity index (χ0v) is 17.7. The number of likely N-dealkylation sites (tertiary alicyclic amines) is 1. The highest BCUT2D eigenvalue weighted by Gasteiger charge is 2.43. The maximum Gasteiger partial charge on any atom is 0.147 e. The van der Waals surface area contributed by atoms with E-state index in [2.05, 4.69) is 5.32 Å². The number of halogens is 2. The van der Waals surface area contributed by atoms with Gasteiger partial charge in [0.15, 0.2) is 0 Å². The SMILES string of the molecule is O[C@@H](C[NH2+]CC1([NH+]2CCCCC2)CCCCC1)COc1ccc(Cl)cc1Cl. The molecule has 1 atom stereocenters. The van der Waals surface area contributed by atoms with Crippen molar-refractivity contribution in [3.05, 3.63) is 28.2 Å². The summed E-state index contributed by atoms with van der Waals surface area (Å²) in [4.78, 5) is 1.82. The predicted molar refractivity (Wildman–Crippen MR) is 110 cm³/mol. The van der Waals surface area contributed by atoms with Crippen LogP contribution in [0.5, 0.6) is 5.75 Å². The number of benzene rings is 1. The molecule has 2 aliphatic rings. The molecule has 0 unspecified atom stereocenters. The summed E-state index contributed by atoms with van der Waals surface area (Å²) in [5.74, 6) is 0.571. The molecule has 27 heavy (non-hydrogen) atoms. The minimum Gasteiger partial charge on any atom is -0.489 e. The molecule has 152 valence electrons. The van der Waals surface area contributed by atoms with Crippen LogP contribution in [-0.2, 0) is 0 Å². The van der Waals surface area contributed by atoms with Gasteiger partial charge in [0.25, 0.3) is 0 Å². The van der Waals surface area contributed by atoms with Gasteiger partial charge in [0.2, 0.25) is 0 Å². The van der Waals surface area contributed by atoms with Crippen LogP contribution in [0, 0.1) is 0 Å². The number of ether oxygens (including phenoxy) is 1. The monoisotopic (exact) mass is 416 g/mol. The van der Waals surface area contributed by atoms with Crippen molar-refractivity contribution >= 4 is 23.2 Å². The fourth-order valence-corrected chi connectivity index (χ4v) is 5.30. The Balaban J connectivity index is 1.46. The maximum atomic E-state index is 10.3. The molecule has 1 heterocycles. The summed E-state index contributed by atoms with van der Waals surface area (Å²) in [7, 11) is 0. The molecule has 6 heteroatoms. The highest BCUT2D eigenvalue weighted by molar-refractivity contribution is 6.35. The molecule has 1 saturated heterocycles. The maximum absolute atomic E-state index is 10.3. The first kappa shape index (κ1) is 21.2. The first-order valence-electron chi connectivity index (χ1n) is 10.5. The fraction of sp³-hybridized carbons (Fsp3) is 0.714. The van der Waals surface area contributed by atoms with Gasteiger partial charge in [-0.2, -0.15) is 0 Å². The topological polar surface area (TPSA) is 50.5 Å². The lowest BCUT2D eigenvalue weighted by Crippen LogP contribution is -3.24. The molecule has 1 aromatic rings. The molecular weight excluding hydrogens is 383 g/mol. The fourth-order valence-electron chi connectivity index (χ4n) is 4.84. The van der Waals surface area contributed by atoms with E-state index in [0.29, 0.717) is 27.9 Å². The number of nitrogens with one attached hydrogen (secondary N) is 1. The lowest BCUT2D eigenvalue weighted by molar-refractivity contribution is -0.972. The van der Waals surface area contributed by atoms with Crippen LogP contribution in [0.4, 0.5) is 0 Å². The van der Waals surface area contributed by atoms with Crippen molar-refractivity contribution in [2.75, 3.05) is 32.8 Å². The highest BCUT2D eigenvalue weighted by atomic mass is 35.5. The number of quaternary nitrogens is 2. The van der Waals surface area contributed by atoms with Gasteiger partial charge in [-0.15, -0.1) is 0 Å². The van der Waals surface area contributed by atoms with E-state index in [1.165, 1.54) is 64.5 Å². The molecule has 4 nitrogen and oxygen atoms in total. The number of hydrogen-bond donors (Lipinski definition) is 3. The molecule has 1 aromatic carbocycles. The van der Waals surface area contributed by atoms with Gasteiger partial charge < -0.3 is 20.1 Å². The minimum atomic E-state index is -0.506. The van der Waals surface area contributed by atoms with Gasteiger partial charge in [0.05, 0.1) is 18.1 Å². The van der Waals surface area contributed by atoms with E-state index >= 15 is 0 Å². The molecule has 3 rings (SSSR count). The Kier molecular flexibility index (Phi) is 8.10. The second-order valence-corrected chi connectivity index (χ2v) is 9.12. The van der Waals surface area contributed by atoms with Crippen LogP contribution in [0.3, 0.4) is 0 Å². The van der Waals surface area contributed by atoms with Gasteiger partial charge in [0, 0.05) is 17.9 Å². The van der Waals surface area contributed by atoms with Gasteiger partial charge in [-0.3, -0.25) is 0 Å². The zero-order chi connectivity index (χ0) is 19.1. The molecule has 0 bridgehead atoms. The standard InChI is InChI=1S/C21H32Cl2N2O2/c22-17-7-8-20(19(23)13-17)27-15-18(26)14-24-16-21(9-3-1-4-10-21)25-11-5-2-6-12-25/h7-8,13,18,24,26H,1-6,9-12,14-16H2/p+2/t18-/m0/s1. The van der Waals surface area contributed by atoms with E-state index in [4.69, 9.17) is 27.9 Å². The van der Waals surface area contributed by atoms with E-state index in [0.717, 1.165) is 6.54 Å². The van der Waals surface area contributed by atoms with Gasteiger partial charge in [-0.05, 0) is 50.3 Å². The third-order valence-electron chi connectivity index (χ3n) is 6.32. The predicted octanol–water partition coefficient (Wildman–Crippen LogP) is 2.07. The average molecular weight is 417 g/mol. The Morgan fingerprint density at radius 3 is 2.48 bits per heavy atom. The van der Waals surface area contributed by atoms with Crippen molar-refractivity contribution in [3.63, 3.8) is 0 Å². The van der Waals surface area contributed by atoms with Gasteiger partial charge in [-0.1, -0.05) is 29.6 Å². The molecule has 4 N–H and O–H groups in total. The molecule has 0 spiro atoms. The van der Waals surface area contributed by atoms with Crippen molar-refractivity contribution in [2.24, 2.45) is 0 Å². The molecule has 1 aliphatic carbocycles. The lowest BCUT2D eigenvalue weighted by Gasteiger charge is -2.43. The van der Waals surface area contributed by atoms with Crippen LogP contribution in [0.2, 0.25) is 10.0 Å². The first-order valence-corrected chi connectivity index (χ1v) is 11.3. The molecular formula is C21H34Cl2N2O2+2. The van der Waals surface area contributed by atoms with Gasteiger partial charge in [-0.25, -0.2) is 0 Å². The lowest BCUT2D eigenvalue weighted by atomic mass is 9.79. The first-order chi connectivity index (χ1) is 13.1. The third-order valence-corrected chi connectivity index (χ3v) is 6.85. The van der Waals surface area contributed by atoms with Gasteiger partial charge >= 0.3 is 0 Å². The van der Waals surface area contributed by atoms with E-state index in [1.807, 2.05) is 4.90 Å². The Labute approximate surface area is 173 Å². The summed E-state index contributed by atoms with van der Waals surface area (Å²) < 4.78 is 5.67. The van der Waals surface area contributed by atoms with E-state index in [9.17, 15) is 5.11 Å². The summed E-state index contributed by atoms with van der Waals surface area (Å²) in [6, 6.07) is 5.15. The average Bonchev–Trinajstić information content (AvgIpc) is 2.69. The second kappa shape index (κ2) is 10.3. The Morgan fingerprint density at radius 1 is 1.07 bits per heavy atom. The molecule has 1 aliphatic heterocycles. The largest absolute Gasteiger partial charge is 0.489 e. The number of hydrogen-bond acceptors (Lipinski definition) is 2. The van der Waals surface area contributed by atoms with E-state index < -0.39 is 6.10 Å². The van der Waals surface area contributed by atoms with Crippen molar-refractivity contribution in [3.8, 4) is 5.75 Å². The van der Waals surface area contributed by atoms with Crippen LogP contribution >= 0.6 is 23.2 Å². The number of nitrogens with two attached hydrogens (primary N) is 1. The smallest absolute Gasteiger partial charge is 0.147 e. The quantitative estimate of drug-likeness (QED) is 0.607. The molecule has 2 fully saturated rings. The summed E-state index contributed by atoms with van der Waals surface area (Å²) >= 11 is 12.0. The van der Waals surface area contributed by atoms with Crippen LogP contribution in [-0.4, -0.2) is 49.5 Å². The van der Waals surface area contributed by atoms with Gasteiger partial charge in [0.1, 0.15) is 37.1 Å². The zero-order valence-electron chi connectivity index (χ0n) is 16.2. The molecule has 0 radical (unpaired) electrons. The van der Waals surface area contributed by atoms with E-state index in [1.54, 1.807) is 18.2 Å². The van der Waals surface area contributed by atoms with Crippen LogP contribution in [0.1, 0.15) is 51.4 Å². The summed E-state index contributed by atoms with van der Waals surface area (Å²) in [6.07, 6.45) is 10.4. The van der Waals surface area contributed by atoms with Crippen molar-refractivity contribution in [2.45, 2.75) is 63.0 Å². The highest BCUT2D eigenvalue weighted by Crippen LogP contribution is 2.27. The minimum absolute atomic E-state index is 0.251. The summed E-state index contributed by atoms with van der Waals surface area (Å²) in [6.45, 7) is 4.69. The normalized spacial score (nSPS) is 21.7. The summed E-state index contributed by atoms with van der Waals surface area (Å²) in [5, 5.41) is 13.7. The number of aliphatic hydroxyl groups is 1. The van der Waals surface area contributed by atoms with Crippen LogP contribution in [0.25, 0.3) is 0 Å². The number of piperidine rings is 1. The Bertz CT molecular complexity index is 588. The third kappa shape index (κ3) is 5.98. The Hall–Kier alpha value is -0.520. The molecule has 0 amide bonds. The number of aliphatic hydroxyl groups excluding tert-OH is 1. The van der Waals surface area contributed by atoms with Crippen molar-refractivity contribution in [1.82, 2.24) is 0 Å². The van der Waals surface area contributed by atoms with Crippen LogP contribution < -0.4 is 15.0 Å². The Morgan fingerprint density at radius 2 is 1.78 bits per heavy atom. The summed E-state index contributed by atoms with van der Waals surface area (Å²) in [5.41, 5.74) is 0.415. The van der Waals surface area contributed by atoms with Crippen LogP contribution in [0.15, 0.2) is 18.2 Å². The second-order valence-electron chi connectivity index (χ2n) is 8.27. The number of rotatable bonds is 8. The molecule has 1 saturated carbocycles. The van der Waals surface area contributed by atoms with Crippen molar-refractivity contribution in [1.29, 1.82) is 0 Å². The molecule has 0 aromatic heterocycles.